The van der Waals surface area contributed by atoms with Gasteiger partial charge in [-0.05, 0) is 75.0 Å². The van der Waals surface area contributed by atoms with E-state index in [0.29, 0.717) is 0 Å². The zero-order valence-corrected chi connectivity index (χ0v) is 19.9. The zero-order valence-electron chi connectivity index (χ0n) is 19.9. The van der Waals surface area contributed by atoms with E-state index in [4.69, 9.17) is 0 Å². The molecule has 1 heteroatoms. The summed E-state index contributed by atoms with van der Waals surface area (Å²) in [6, 6.07) is 41.6. The smallest absolute Gasteiger partial charge is 0.0846 e. The number of hydrogen-bond donors (Lipinski definition) is 1. The van der Waals surface area contributed by atoms with Crippen LogP contribution < -0.4 is 0 Å². The van der Waals surface area contributed by atoms with E-state index >= 15 is 0 Å². The van der Waals surface area contributed by atoms with E-state index in [1.165, 1.54) is 50.1 Å². The summed E-state index contributed by atoms with van der Waals surface area (Å²) in [6.07, 6.45) is 0. The van der Waals surface area contributed by atoms with Gasteiger partial charge in [-0.2, -0.15) is 0 Å². The second kappa shape index (κ2) is 7.04. The molecule has 5 aromatic rings. The van der Waals surface area contributed by atoms with Crippen molar-refractivity contribution >= 4 is 0 Å². The van der Waals surface area contributed by atoms with E-state index in [1.54, 1.807) is 0 Å². The van der Waals surface area contributed by atoms with Crippen LogP contribution in [0.1, 0.15) is 41.7 Å². The number of hydrogen-bond acceptors (Lipinski definition) is 1. The van der Waals surface area contributed by atoms with Crippen molar-refractivity contribution in [3.8, 4) is 33.4 Å². The molecule has 0 saturated heterocycles. The highest BCUT2D eigenvalue weighted by molar-refractivity contribution is 6.00. The molecule has 2 aliphatic rings. The van der Waals surface area contributed by atoms with Gasteiger partial charge in [0.25, 0.3) is 0 Å². The molecule has 0 amide bonds. The van der Waals surface area contributed by atoms with Gasteiger partial charge in [-0.1, -0.05) is 115 Å². The molecule has 0 aliphatic heterocycles. The molecule has 0 radical (unpaired) electrons. The third kappa shape index (κ3) is 2.56. The van der Waals surface area contributed by atoms with Gasteiger partial charge < -0.3 is 5.11 Å². The van der Waals surface area contributed by atoms with Gasteiger partial charge >= 0.3 is 0 Å². The summed E-state index contributed by atoms with van der Waals surface area (Å²) < 4.78 is 0. The molecule has 1 N–H and O–H groups in total. The molecule has 0 saturated carbocycles. The Morgan fingerprint density at radius 1 is 0.457 bits per heavy atom. The van der Waals surface area contributed by atoms with E-state index in [1.807, 2.05) is 26.0 Å². The summed E-state index contributed by atoms with van der Waals surface area (Å²) >= 11 is 0. The first kappa shape index (κ1) is 20.4. The molecule has 1 spiro atoms. The van der Waals surface area contributed by atoms with E-state index in [9.17, 15) is 5.11 Å². The minimum absolute atomic E-state index is 0.348. The molecular formula is C34H26O. The van der Waals surface area contributed by atoms with Crippen molar-refractivity contribution < 1.29 is 5.11 Å². The molecule has 7 rings (SSSR count). The quantitative estimate of drug-likeness (QED) is 0.284. The Morgan fingerprint density at radius 2 is 0.886 bits per heavy atom. The third-order valence-corrected chi connectivity index (χ3v) is 7.90. The lowest BCUT2D eigenvalue weighted by molar-refractivity contribution is 0.0792. The number of rotatable bonds is 2. The largest absolute Gasteiger partial charge is 0.386 e. The van der Waals surface area contributed by atoms with Gasteiger partial charge in [0.15, 0.2) is 0 Å². The first-order valence-corrected chi connectivity index (χ1v) is 12.3. The van der Waals surface area contributed by atoms with Crippen molar-refractivity contribution in [2.45, 2.75) is 24.9 Å². The van der Waals surface area contributed by atoms with Crippen molar-refractivity contribution in [1.82, 2.24) is 0 Å². The summed E-state index contributed by atoms with van der Waals surface area (Å²) in [5.74, 6) is 0. The predicted molar refractivity (Wildman–Crippen MR) is 143 cm³/mol. The minimum Gasteiger partial charge on any atom is -0.386 e. The van der Waals surface area contributed by atoms with Crippen molar-refractivity contribution in [1.29, 1.82) is 0 Å². The first-order valence-electron chi connectivity index (χ1n) is 12.3. The lowest BCUT2D eigenvalue weighted by Crippen LogP contribution is -2.25. The average molecular weight is 451 g/mol. The number of benzene rings is 5. The summed E-state index contributed by atoms with van der Waals surface area (Å²) in [7, 11) is 0. The first-order chi connectivity index (χ1) is 17.0. The minimum atomic E-state index is -0.943. The van der Waals surface area contributed by atoms with E-state index in [2.05, 4.69) is 103 Å². The zero-order chi connectivity index (χ0) is 23.8. The standard InChI is InChI=1S/C34H26O/c1-33(2,35)27-17-7-3-14-24(27)25-16-11-21-31-32(25)26-15-6-10-20-30(26)34(31)28-18-8-4-12-22(28)23-13-5-9-19-29(23)34/h3-21,35H,1-2H3. The maximum atomic E-state index is 11.0. The Bertz CT molecular complexity index is 1590. The van der Waals surface area contributed by atoms with Gasteiger partial charge in [-0.15, -0.1) is 0 Å². The Labute approximate surface area is 206 Å². The molecule has 0 atom stereocenters. The van der Waals surface area contributed by atoms with Crippen LogP contribution in [-0.4, -0.2) is 5.11 Å². The molecule has 168 valence electrons. The topological polar surface area (TPSA) is 20.2 Å². The highest BCUT2D eigenvalue weighted by Gasteiger charge is 2.52. The Kier molecular flexibility index (Phi) is 4.11. The summed E-state index contributed by atoms with van der Waals surface area (Å²) in [5, 5.41) is 11.0. The fourth-order valence-electron chi connectivity index (χ4n) is 6.62. The van der Waals surface area contributed by atoms with Crippen LogP contribution in [0.15, 0.2) is 115 Å². The lowest BCUT2D eigenvalue weighted by Gasteiger charge is -2.30. The van der Waals surface area contributed by atoms with Crippen LogP contribution in [0.2, 0.25) is 0 Å². The van der Waals surface area contributed by atoms with Crippen LogP contribution >= 0.6 is 0 Å². The van der Waals surface area contributed by atoms with E-state index in [0.717, 1.165) is 11.1 Å². The van der Waals surface area contributed by atoms with Crippen LogP contribution in [0.5, 0.6) is 0 Å². The van der Waals surface area contributed by atoms with Crippen LogP contribution in [0.4, 0.5) is 0 Å². The van der Waals surface area contributed by atoms with Gasteiger partial charge in [0, 0.05) is 0 Å². The highest BCUT2D eigenvalue weighted by atomic mass is 16.3. The maximum absolute atomic E-state index is 11.0. The number of aliphatic hydroxyl groups is 1. The molecule has 0 unspecified atom stereocenters. The van der Waals surface area contributed by atoms with Crippen molar-refractivity contribution in [3.63, 3.8) is 0 Å². The van der Waals surface area contributed by atoms with Gasteiger partial charge in [0.05, 0.1) is 11.0 Å². The van der Waals surface area contributed by atoms with Crippen LogP contribution in [0.25, 0.3) is 33.4 Å². The van der Waals surface area contributed by atoms with E-state index in [-0.39, 0.29) is 5.41 Å². The molecule has 0 fully saturated rings. The fraction of sp³-hybridized carbons (Fsp3) is 0.118. The van der Waals surface area contributed by atoms with Crippen LogP contribution in [0.3, 0.4) is 0 Å². The molecule has 0 heterocycles. The molecule has 35 heavy (non-hydrogen) atoms. The Balaban J connectivity index is 1.65. The van der Waals surface area contributed by atoms with Gasteiger partial charge in [-0.3, -0.25) is 0 Å². The second-order valence-electron chi connectivity index (χ2n) is 10.2. The lowest BCUT2D eigenvalue weighted by atomic mass is 9.70. The van der Waals surface area contributed by atoms with Gasteiger partial charge in [-0.25, -0.2) is 0 Å². The summed E-state index contributed by atoms with van der Waals surface area (Å²) in [5.41, 5.74) is 12.4. The fourth-order valence-corrected chi connectivity index (χ4v) is 6.62. The van der Waals surface area contributed by atoms with Crippen molar-refractivity contribution in [2.24, 2.45) is 0 Å². The molecule has 5 aromatic carbocycles. The van der Waals surface area contributed by atoms with Crippen LogP contribution in [0, 0.1) is 0 Å². The molecular weight excluding hydrogens is 424 g/mol. The van der Waals surface area contributed by atoms with Gasteiger partial charge in [0.2, 0.25) is 0 Å². The predicted octanol–water partition coefficient (Wildman–Crippen LogP) is 7.92. The average Bonchev–Trinajstić information content (AvgIpc) is 3.36. The monoisotopic (exact) mass is 450 g/mol. The van der Waals surface area contributed by atoms with E-state index < -0.39 is 5.60 Å². The number of fused-ring (bicyclic) bond motifs is 10. The van der Waals surface area contributed by atoms with Gasteiger partial charge in [0.1, 0.15) is 0 Å². The third-order valence-electron chi connectivity index (χ3n) is 7.90. The van der Waals surface area contributed by atoms with Crippen molar-refractivity contribution in [3.05, 3.63) is 143 Å². The Morgan fingerprint density at radius 3 is 1.49 bits per heavy atom. The van der Waals surface area contributed by atoms with Crippen LogP contribution in [-0.2, 0) is 11.0 Å². The Hall–Kier alpha value is -3.94. The van der Waals surface area contributed by atoms with Crippen molar-refractivity contribution in [2.75, 3.05) is 0 Å². The summed E-state index contributed by atoms with van der Waals surface area (Å²) in [6.45, 7) is 3.74. The molecule has 2 aliphatic carbocycles. The normalized spacial score (nSPS) is 14.4. The molecule has 1 nitrogen and oxygen atoms in total. The molecule has 0 bridgehead atoms. The highest BCUT2D eigenvalue weighted by Crippen LogP contribution is 2.64. The summed E-state index contributed by atoms with van der Waals surface area (Å²) in [4.78, 5) is 0. The SMILES string of the molecule is CC(C)(O)c1ccccc1-c1cccc2c1-c1ccccc1C21c2ccccc2-c2ccccc21. The molecule has 0 aromatic heterocycles. The maximum Gasteiger partial charge on any atom is 0.0846 e. The second-order valence-corrected chi connectivity index (χ2v) is 10.2.